The van der Waals surface area contributed by atoms with Crippen molar-refractivity contribution in [1.29, 1.82) is 0 Å². The van der Waals surface area contributed by atoms with Crippen LogP contribution in [0.2, 0.25) is 0 Å². The second-order valence-corrected chi connectivity index (χ2v) is 4.22. The van der Waals surface area contributed by atoms with Gasteiger partial charge in [0.2, 0.25) is 0 Å². The number of fused-ring (bicyclic) bond motifs is 1. The average molecular weight is 221 g/mol. The van der Waals surface area contributed by atoms with Gasteiger partial charge in [-0.2, -0.15) is 0 Å². The van der Waals surface area contributed by atoms with Crippen LogP contribution in [0.4, 0.5) is 0 Å². The smallest absolute Gasteiger partial charge is 0.159 e. The Morgan fingerprint density at radius 1 is 1.80 bits per heavy atom. The molecule has 0 aromatic rings. The van der Waals surface area contributed by atoms with E-state index in [9.17, 15) is 0 Å². The predicted octanol–water partition coefficient (Wildman–Crippen LogP) is 1.17. The summed E-state index contributed by atoms with van der Waals surface area (Å²) in [5.41, 5.74) is 0. The fourth-order valence-electron chi connectivity index (χ4n) is 1.26. The normalized spacial score (nSPS) is 30.7. The van der Waals surface area contributed by atoms with E-state index in [1.54, 1.807) is 0 Å². The van der Waals surface area contributed by atoms with Crippen molar-refractivity contribution < 1.29 is 0 Å². The number of rotatable bonds is 1. The average Bonchev–Trinajstić information content (AvgIpc) is 2.42. The van der Waals surface area contributed by atoms with E-state index in [1.165, 1.54) is 17.5 Å². The molecule has 2 nitrogen and oxygen atoms in total. The van der Waals surface area contributed by atoms with E-state index in [-0.39, 0.29) is 0 Å². The van der Waals surface area contributed by atoms with Crippen LogP contribution in [0.5, 0.6) is 0 Å². The van der Waals surface area contributed by atoms with Crippen LogP contribution in [0.25, 0.3) is 0 Å². The van der Waals surface area contributed by atoms with Gasteiger partial charge >= 0.3 is 0 Å². The minimum absolute atomic E-state index is 0.516. The Labute approximate surface area is 73.2 Å². The molecule has 2 heterocycles. The molecule has 2 aliphatic rings. The molecule has 1 fully saturated rings. The van der Waals surface area contributed by atoms with E-state index in [0.29, 0.717) is 6.04 Å². The molecule has 0 unspecified atom stereocenters. The Morgan fingerprint density at radius 3 is 3.40 bits per heavy atom. The second-order valence-electron chi connectivity index (χ2n) is 2.51. The summed E-state index contributed by atoms with van der Waals surface area (Å²) in [4.78, 5) is 6.90. The van der Waals surface area contributed by atoms with E-state index in [4.69, 9.17) is 0 Å². The lowest BCUT2D eigenvalue weighted by Gasteiger charge is -2.10. The fraction of sp³-hybridized carbons (Fsp3) is 0.833. The zero-order chi connectivity index (χ0) is 6.97. The van der Waals surface area contributed by atoms with E-state index >= 15 is 0 Å². The molecule has 0 aromatic heterocycles. The number of hydrogen-bond acceptors (Lipinski definition) is 3. The summed E-state index contributed by atoms with van der Waals surface area (Å²) in [5, 5.41) is 2.28. The number of amidine groups is 1. The summed E-state index contributed by atoms with van der Waals surface area (Å²) in [6, 6.07) is 0.516. The maximum Gasteiger partial charge on any atom is 0.159 e. The first kappa shape index (κ1) is 6.98. The van der Waals surface area contributed by atoms with Crippen LogP contribution in [0.3, 0.4) is 0 Å². The van der Waals surface area contributed by atoms with Crippen LogP contribution < -0.4 is 0 Å². The van der Waals surface area contributed by atoms with Gasteiger partial charge in [-0.25, -0.2) is 0 Å². The van der Waals surface area contributed by atoms with E-state index in [0.717, 1.165) is 11.9 Å². The van der Waals surface area contributed by atoms with Gasteiger partial charge in [0.1, 0.15) is 0 Å². The largest absolute Gasteiger partial charge is 0.348 e. The SMILES string of the molecule is BrC[C@@H]1CN2CCSC2=N1. The van der Waals surface area contributed by atoms with Gasteiger partial charge in [-0.05, 0) is 0 Å². The fourth-order valence-corrected chi connectivity index (χ4v) is 2.67. The minimum atomic E-state index is 0.516. The van der Waals surface area contributed by atoms with Gasteiger partial charge in [0.05, 0.1) is 6.04 Å². The monoisotopic (exact) mass is 220 g/mol. The summed E-state index contributed by atoms with van der Waals surface area (Å²) >= 11 is 5.33. The molecule has 0 bridgehead atoms. The number of hydrogen-bond donors (Lipinski definition) is 0. The molecule has 56 valence electrons. The lowest BCUT2D eigenvalue weighted by molar-refractivity contribution is 0.472. The first-order chi connectivity index (χ1) is 4.90. The molecule has 0 aliphatic carbocycles. The Kier molecular flexibility index (Phi) is 1.91. The Morgan fingerprint density at radius 2 is 2.70 bits per heavy atom. The lowest BCUT2D eigenvalue weighted by atomic mass is 10.4. The molecule has 0 spiro atoms. The van der Waals surface area contributed by atoms with E-state index in [1.807, 2.05) is 11.8 Å². The predicted molar refractivity (Wildman–Crippen MR) is 49.0 cm³/mol. The third-order valence-corrected chi connectivity index (χ3v) is 3.52. The van der Waals surface area contributed by atoms with E-state index in [2.05, 4.69) is 25.8 Å². The number of nitrogens with zero attached hydrogens (tertiary/aromatic N) is 2. The summed E-state index contributed by atoms with van der Waals surface area (Å²) in [6.07, 6.45) is 0. The highest BCUT2D eigenvalue weighted by Gasteiger charge is 2.28. The summed E-state index contributed by atoms with van der Waals surface area (Å²) in [5.74, 6) is 1.23. The first-order valence-corrected chi connectivity index (χ1v) is 5.52. The topological polar surface area (TPSA) is 15.6 Å². The highest BCUT2D eigenvalue weighted by Crippen LogP contribution is 2.24. The molecule has 0 N–H and O–H groups in total. The zero-order valence-electron chi connectivity index (χ0n) is 5.59. The van der Waals surface area contributed by atoms with Crippen molar-refractivity contribution in [3.05, 3.63) is 0 Å². The Balaban J connectivity index is 2.08. The molecule has 0 radical (unpaired) electrons. The van der Waals surface area contributed by atoms with Gasteiger partial charge in [-0.15, -0.1) is 0 Å². The molecule has 1 saturated heterocycles. The van der Waals surface area contributed by atoms with Crippen LogP contribution in [0, 0.1) is 0 Å². The summed E-state index contributed by atoms with van der Waals surface area (Å²) in [7, 11) is 0. The van der Waals surface area contributed by atoms with Crippen molar-refractivity contribution in [1.82, 2.24) is 4.90 Å². The molecule has 1 atom stereocenters. The van der Waals surface area contributed by atoms with Crippen LogP contribution in [0.15, 0.2) is 4.99 Å². The van der Waals surface area contributed by atoms with Gasteiger partial charge in [0.25, 0.3) is 0 Å². The molecule has 10 heavy (non-hydrogen) atoms. The van der Waals surface area contributed by atoms with Crippen molar-refractivity contribution in [3.8, 4) is 0 Å². The van der Waals surface area contributed by atoms with Crippen LogP contribution in [-0.4, -0.2) is 40.3 Å². The van der Waals surface area contributed by atoms with Crippen LogP contribution >= 0.6 is 27.7 Å². The maximum absolute atomic E-state index is 4.53. The standard InChI is InChI=1S/C6H9BrN2S/c7-3-5-4-9-1-2-10-6(9)8-5/h5H,1-4H2/t5-/m1/s1. The van der Waals surface area contributed by atoms with E-state index < -0.39 is 0 Å². The van der Waals surface area contributed by atoms with Gasteiger partial charge in [0.15, 0.2) is 5.17 Å². The number of thioether (sulfide) groups is 1. The number of halogens is 1. The quantitative estimate of drug-likeness (QED) is 0.617. The third kappa shape index (κ3) is 1.07. The Bertz CT molecular complexity index is 171. The van der Waals surface area contributed by atoms with Crippen molar-refractivity contribution in [2.24, 2.45) is 4.99 Å². The van der Waals surface area contributed by atoms with Crippen molar-refractivity contribution in [2.75, 3.05) is 24.2 Å². The number of alkyl halides is 1. The summed E-state index contributed by atoms with van der Waals surface area (Å²) in [6.45, 7) is 2.33. The molecule has 0 amide bonds. The second kappa shape index (κ2) is 2.74. The zero-order valence-corrected chi connectivity index (χ0v) is 7.99. The maximum atomic E-state index is 4.53. The molecule has 0 aromatic carbocycles. The molecular weight excluding hydrogens is 212 g/mol. The lowest BCUT2D eigenvalue weighted by Crippen LogP contribution is -2.24. The summed E-state index contributed by atoms with van der Waals surface area (Å²) < 4.78 is 0. The van der Waals surface area contributed by atoms with Gasteiger partial charge < -0.3 is 4.90 Å². The van der Waals surface area contributed by atoms with Crippen LogP contribution in [0.1, 0.15) is 0 Å². The van der Waals surface area contributed by atoms with Crippen LogP contribution in [-0.2, 0) is 0 Å². The number of aliphatic imine (C=N–C) groups is 1. The molecule has 2 aliphatic heterocycles. The van der Waals surface area contributed by atoms with Crippen molar-refractivity contribution >= 4 is 32.9 Å². The molecule has 2 rings (SSSR count). The van der Waals surface area contributed by atoms with Crippen molar-refractivity contribution in [3.63, 3.8) is 0 Å². The Hall–Kier alpha value is 0.300. The highest BCUT2D eigenvalue weighted by molar-refractivity contribution is 9.09. The molecular formula is C6H9BrN2S. The van der Waals surface area contributed by atoms with Crippen molar-refractivity contribution in [2.45, 2.75) is 6.04 Å². The first-order valence-electron chi connectivity index (χ1n) is 3.41. The van der Waals surface area contributed by atoms with Gasteiger partial charge in [0, 0.05) is 24.2 Å². The minimum Gasteiger partial charge on any atom is -0.348 e. The van der Waals surface area contributed by atoms with Gasteiger partial charge in [-0.3, -0.25) is 4.99 Å². The van der Waals surface area contributed by atoms with Gasteiger partial charge in [-0.1, -0.05) is 27.7 Å². The highest BCUT2D eigenvalue weighted by atomic mass is 79.9. The molecule has 4 heteroatoms. The third-order valence-electron chi connectivity index (χ3n) is 1.77. The molecule has 0 saturated carbocycles.